The zero-order chi connectivity index (χ0) is 7.91. The van der Waals surface area contributed by atoms with Crippen molar-refractivity contribution in [3.8, 4) is 0 Å². The van der Waals surface area contributed by atoms with Crippen molar-refractivity contribution in [2.45, 2.75) is 0 Å². The van der Waals surface area contributed by atoms with E-state index in [9.17, 15) is 0 Å². The summed E-state index contributed by atoms with van der Waals surface area (Å²) in [7, 11) is -5.17. The Morgan fingerprint density at radius 3 is 1.18 bits per heavy atom. The van der Waals surface area contributed by atoms with Crippen LogP contribution in [0, 0.1) is 0 Å². The molecule has 0 aliphatic heterocycles. The van der Waals surface area contributed by atoms with E-state index in [0.29, 0.717) is 13.1 Å². The fourth-order valence-corrected chi connectivity index (χ4v) is 0. The molecule has 0 aliphatic carbocycles. The van der Waals surface area contributed by atoms with Crippen molar-refractivity contribution in [3.63, 3.8) is 0 Å². The second-order valence-corrected chi connectivity index (χ2v) is 1.80. The molecule has 7 nitrogen and oxygen atoms in total. The molecular weight excluding hydrogens is 218 g/mol. The van der Waals surface area contributed by atoms with Crippen molar-refractivity contribution in [2.24, 2.45) is 11.5 Å². The molecule has 0 heterocycles. The van der Waals surface area contributed by atoms with Crippen LogP contribution in [-0.4, -0.2) is 30.6 Å². The predicted molar refractivity (Wildman–Crippen MR) is 33.6 cm³/mol. The van der Waals surface area contributed by atoms with Gasteiger partial charge in [0.2, 0.25) is 0 Å². The summed E-state index contributed by atoms with van der Waals surface area (Å²) in [5, 5.41) is 0. The maximum absolute atomic E-state index is 8.52. The normalized spacial score (nSPS) is 8.00. The molecule has 0 bridgehead atoms. The Labute approximate surface area is 76.2 Å². The summed E-state index contributed by atoms with van der Waals surface area (Å²) in [5.74, 6) is 0. The predicted octanol–water partition coefficient (Wildman–Crippen LogP) is -2.27. The van der Waals surface area contributed by atoms with E-state index < -0.39 is 10.4 Å². The second kappa shape index (κ2) is 12.9. The summed E-state index contributed by atoms with van der Waals surface area (Å²) in [6.45, 7) is 1.19. The monoisotopic (exact) mass is 229 g/mol. The van der Waals surface area contributed by atoms with E-state index in [4.69, 9.17) is 29.0 Å². The minimum Gasteiger partial charge on any atom is -0.759 e. The number of hydrogen-bond acceptors (Lipinski definition) is 7. The topological polar surface area (TPSA) is 167 Å². The number of nitrogens with two attached hydrogens (primary N) is 2. The van der Waals surface area contributed by atoms with Crippen molar-refractivity contribution in [3.05, 3.63) is 0 Å². The summed E-state index contributed by atoms with van der Waals surface area (Å²) in [6, 6.07) is 0. The molecule has 9 heteroatoms. The Morgan fingerprint density at radius 2 is 1.18 bits per heavy atom. The van der Waals surface area contributed by atoms with Crippen LogP contribution in [0.2, 0.25) is 0 Å². The molecule has 0 atom stereocenters. The van der Waals surface area contributed by atoms with E-state index in [0.717, 1.165) is 0 Å². The van der Waals surface area contributed by atoms with Gasteiger partial charge in [0.15, 0.2) is 0 Å². The van der Waals surface area contributed by atoms with Gasteiger partial charge in [-0.2, -0.15) is 0 Å². The minimum absolute atomic E-state index is 0. The van der Waals surface area contributed by atoms with Crippen LogP contribution in [0.25, 0.3) is 0 Å². The maximum atomic E-state index is 8.52. The summed E-state index contributed by atoms with van der Waals surface area (Å²) in [6.07, 6.45) is 0. The minimum atomic E-state index is -5.17. The van der Waals surface area contributed by atoms with Gasteiger partial charge in [0.1, 0.15) is 0 Å². The third-order valence-corrected chi connectivity index (χ3v) is 0.167. The fourth-order valence-electron chi connectivity index (χ4n) is 0. The van der Waals surface area contributed by atoms with Gasteiger partial charge in [-0.25, -0.2) is 0 Å². The van der Waals surface area contributed by atoms with Crippen LogP contribution in [0.15, 0.2) is 0 Å². The van der Waals surface area contributed by atoms with E-state index in [-0.39, 0.29) is 23.2 Å². The zero-order valence-corrected chi connectivity index (χ0v) is 7.59. The largest absolute Gasteiger partial charge is 2.00 e. The van der Waals surface area contributed by atoms with Gasteiger partial charge in [-0.3, -0.25) is 8.42 Å². The molecule has 0 aliphatic rings. The van der Waals surface area contributed by atoms with E-state index in [2.05, 4.69) is 0 Å². The average molecular weight is 229 g/mol. The van der Waals surface area contributed by atoms with Crippen LogP contribution < -0.4 is 17.6 Å². The van der Waals surface area contributed by atoms with Crippen molar-refractivity contribution in [1.82, 2.24) is 6.15 Å². The molecule has 0 fully saturated rings. The molecule has 0 saturated carbocycles. The van der Waals surface area contributed by atoms with Gasteiger partial charge in [-0.05, 0) is 0 Å². The molecule has 0 radical (unpaired) electrons. The first-order valence-electron chi connectivity index (χ1n) is 1.98. The van der Waals surface area contributed by atoms with Gasteiger partial charge in [0.25, 0.3) is 0 Å². The van der Waals surface area contributed by atoms with Gasteiger partial charge in [0.05, 0.1) is 0 Å². The summed E-state index contributed by atoms with van der Waals surface area (Å²) < 4.78 is 34.1. The van der Waals surface area contributed by atoms with E-state index in [1.165, 1.54) is 0 Å². The fraction of sp³-hybridized carbons (Fsp3) is 1.00. The van der Waals surface area contributed by atoms with E-state index in [1.54, 1.807) is 0 Å². The molecule has 0 saturated heterocycles. The Kier molecular flexibility index (Phi) is 26.4. The third-order valence-electron chi connectivity index (χ3n) is 0.167. The quantitative estimate of drug-likeness (QED) is 0.258. The average Bonchev–Trinajstić information content (AvgIpc) is 1.61. The summed E-state index contributed by atoms with van der Waals surface area (Å²) in [5.41, 5.74) is 9.81. The molecule has 0 unspecified atom stereocenters. The molecule has 72 valence electrons. The Morgan fingerprint density at radius 1 is 1.09 bits per heavy atom. The Hall–Kier alpha value is 0.269. The summed E-state index contributed by atoms with van der Waals surface area (Å²) >= 11 is 0. The van der Waals surface area contributed by atoms with Gasteiger partial charge in [-0.15, -0.1) is 0 Å². The van der Waals surface area contributed by atoms with Crippen LogP contribution >= 0.6 is 0 Å². The van der Waals surface area contributed by atoms with Crippen molar-refractivity contribution < 1.29 is 34.6 Å². The SMILES string of the molecule is N.NCCN.O=S(=O)([O-])[O-].[Fe+2]. The van der Waals surface area contributed by atoms with Gasteiger partial charge < -0.3 is 26.7 Å². The maximum Gasteiger partial charge on any atom is 2.00 e. The van der Waals surface area contributed by atoms with E-state index >= 15 is 0 Å². The van der Waals surface area contributed by atoms with Crippen LogP contribution in [-0.2, 0) is 27.5 Å². The molecule has 0 amide bonds. The van der Waals surface area contributed by atoms with Crippen LogP contribution in [0.1, 0.15) is 0 Å². The molecule has 0 rings (SSSR count). The van der Waals surface area contributed by atoms with E-state index in [1.807, 2.05) is 0 Å². The first kappa shape index (κ1) is 22.5. The standard InChI is InChI=1S/C2H8N2.Fe.H3N.H2O4S/c3-1-2-4;;;1-5(2,3)4/h1-4H2;;1H3;(H2,1,2,3,4)/q;+2;;/p-2. The molecule has 0 aromatic heterocycles. The molecule has 0 aromatic carbocycles. The smallest absolute Gasteiger partial charge is 0.759 e. The zero-order valence-electron chi connectivity index (χ0n) is 5.67. The van der Waals surface area contributed by atoms with Crippen LogP contribution in [0.4, 0.5) is 0 Å². The van der Waals surface area contributed by atoms with Crippen molar-refractivity contribution >= 4 is 10.4 Å². The number of rotatable bonds is 1. The molecular formula is C2H11FeN3O4S. The molecule has 0 aromatic rings. The van der Waals surface area contributed by atoms with Crippen molar-refractivity contribution in [2.75, 3.05) is 13.1 Å². The van der Waals surface area contributed by atoms with Gasteiger partial charge >= 0.3 is 17.1 Å². The Balaban J connectivity index is -0.0000000383. The Bertz CT molecular complexity index is 126. The summed E-state index contributed by atoms with van der Waals surface area (Å²) in [4.78, 5) is 0. The second-order valence-electron chi connectivity index (χ2n) is 0.986. The first-order valence-corrected chi connectivity index (χ1v) is 3.32. The third kappa shape index (κ3) is 436. The van der Waals surface area contributed by atoms with Crippen molar-refractivity contribution in [1.29, 1.82) is 0 Å². The van der Waals surface area contributed by atoms with Crippen LogP contribution in [0.5, 0.6) is 0 Å². The van der Waals surface area contributed by atoms with Crippen LogP contribution in [0.3, 0.4) is 0 Å². The van der Waals surface area contributed by atoms with Gasteiger partial charge in [0, 0.05) is 23.5 Å². The van der Waals surface area contributed by atoms with Gasteiger partial charge in [-0.1, -0.05) is 0 Å². The molecule has 7 N–H and O–H groups in total. The first-order chi connectivity index (χ1) is 3.91. The molecule has 11 heavy (non-hydrogen) atoms. The number of hydrogen-bond donors (Lipinski definition) is 3. The molecule has 0 spiro atoms.